The lowest BCUT2D eigenvalue weighted by atomic mass is 10.0. The Kier molecular flexibility index (Phi) is 3.14. The van der Waals surface area contributed by atoms with E-state index in [1.807, 2.05) is 43.3 Å². The molecule has 1 aliphatic rings. The fourth-order valence-electron chi connectivity index (χ4n) is 2.04. The highest BCUT2D eigenvalue weighted by Crippen LogP contribution is 2.35. The minimum Gasteiger partial charge on any atom is -0.457 e. The number of aromatic nitrogens is 1. The summed E-state index contributed by atoms with van der Waals surface area (Å²) in [6.07, 6.45) is 4.16. The van der Waals surface area contributed by atoms with E-state index in [0.717, 1.165) is 29.2 Å². The average Bonchev–Trinajstić information content (AvgIpc) is 2.87. The highest BCUT2D eigenvalue weighted by Gasteiger charge is 2.23. The fourth-order valence-corrected chi connectivity index (χ4v) is 2.04. The molecule has 3 rings (SSSR count). The van der Waals surface area contributed by atoms with Crippen LogP contribution < -0.4 is 4.74 Å². The predicted octanol–water partition coefficient (Wildman–Crippen LogP) is 3.71. The van der Waals surface area contributed by atoms with Crippen molar-refractivity contribution in [3.05, 3.63) is 54.4 Å². The fraction of sp³-hybridized carbons (Fsp3) is 0.200. The zero-order valence-electron chi connectivity index (χ0n) is 10.6. The highest BCUT2D eigenvalue weighted by molar-refractivity contribution is 5.83. The quantitative estimate of drug-likeness (QED) is 0.838. The van der Waals surface area contributed by atoms with Gasteiger partial charge in [-0.1, -0.05) is 23.4 Å². The van der Waals surface area contributed by atoms with Gasteiger partial charge in [0.1, 0.15) is 11.5 Å². The topological polar surface area (TPSA) is 43.7 Å². The molecule has 1 aromatic heterocycles. The van der Waals surface area contributed by atoms with Crippen LogP contribution in [0.25, 0.3) is 0 Å². The number of ether oxygens (including phenoxy) is 1. The summed E-state index contributed by atoms with van der Waals surface area (Å²) in [4.78, 5) is 9.40. The number of pyridine rings is 1. The third-order valence-electron chi connectivity index (χ3n) is 2.96. The van der Waals surface area contributed by atoms with Crippen LogP contribution in [0.5, 0.6) is 11.5 Å². The zero-order chi connectivity index (χ0) is 13.1. The second-order valence-electron chi connectivity index (χ2n) is 4.45. The van der Waals surface area contributed by atoms with Gasteiger partial charge in [-0.2, -0.15) is 0 Å². The first-order valence-electron chi connectivity index (χ1n) is 6.19. The van der Waals surface area contributed by atoms with Crippen molar-refractivity contribution >= 4 is 5.71 Å². The normalized spacial score (nSPS) is 17.7. The summed E-state index contributed by atoms with van der Waals surface area (Å²) >= 11 is 0. The lowest BCUT2D eigenvalue weighted by molar-refractivity contribution is 0.0841. The minimum atomic E-state index is -0.0574. The van der Waals surface area contributed by atoms with Gasteiger partial charge in [-0.15, -0.1) is 0 Å². The standard InChI is InChI=1S/C15H14N2O2/c1-11-10-15(19-17-11)13-4-2-3-5-14(13)18-12-6-8-16-9-7-12/h2-9,15H,10H2,1H3/t15-/m1/s1. The van der Waals surface area contributed by atoms with E-state index in [4.69, 9.17) is 9.57 Å². The van der Waals surface area contributed by atoms with Gasteiger partial charge in [0.15, 0.2) is 6.10 Å². The van der Waals surface area contributed by atoms with Crippen LogP contribution in [0.15, 0.2) is 53.9 Å². The first kappa shape index (κ1) is 11.7. The molecule has 19 heavy (non-hydrogen) atoms. The summed E-state index contributed by atoms with van der Waals surface area (Å²) in [7, 11) is 0. The van der Waals surface area contributed by atoms with E-state index in [-0.39, 0.29) is 6.10 Å². The van der Waals surface area contributed by atoms with Crippen molar-refractivity contribution in [3.8, 4) is 11.5 Å². The molecule has 0 amide bonds. The molecule has 0 aliphatic carbocycles. The monoisotopic (exact) mass is 254 g/mol. The maximum Gasteiger partial charge on any atom is 0.161 e. The van der Waals surface area contributed by atoms with E-state index in [1.54, 1.807) is 12.4 Å². The van der Waals surface area contributed by atoms with Crippen molar-refractivity contribution in [2.24, 2.45) is 5.16 Å². The number of para-hydroxylation sites is 1. The third kappa shape index (κ3) is 2.57. The molecule has 4 nitrogen and oxygen atoms in total. The van der Waals surface area contributed by atoms with Crippen LogP contribution in [-0.4, -0.2) is 10.7 Å². The number of hydrogen-bond acceptors (Lipinski definition) is 4. The maximum atomic E-state index is 5.89. The molecule has 1 atom stereocenters. The molecule has 0 bridgehead atoms. The molecule has 1 aliphatic heterocycles. The van der Waals surface area contributed by atoms with Crippen molar-refractivity contribution < 1.29 is 9.57 Å². The molecule has 4 heteroatoms. The molecule has 0 radical (unpaired) electrons. The summed E-state index contributed by atoms with van der Waals surface area (Å²) in [5, 5.41) is 3.99. The molecule has 0 unspecified atom stereocenters. The molecule has 0 N–H and O–H groups in total. The predicted molar refractivity (Wildman–Crippen MR) is 72.3 cm³/mol. The van der Waals surface area contributed by atoms with Crippen molar-refractivity contribution in [3.63, 3.8) is 0 Å². The van der Waals surface area contributed by atoms with Gasteiger partial charge in [0.2, 0.25) is 0 Å². The van der Waals surface area contributed by atoms with E-state index in [0.29, 0.717) is 0 Å². The number of oxime groups is 1. The van der Waals surface area contributed by atoms with Gasteiger partial charge in [-0.3, -0.25) is 4.98 Å². The van der Waals surface area contributed by atoms with Crippen LogP contribution >= 0.6 is 0 Å². The Morgan fingerprint density at radius 1 is 1.16 bits per heavy atom. The Hall–Kier alpha value is -2.36. The summed E-state index contributed by atoms with van der Waals surface area (Å²) in [5.74, 6) is 1.56. The van der Waals surface area contributed by atoms with Crippen LogP contribution in [0.1, 0.15) is 25.0 Å². The van der Waals surface area contributed by atoms with E-state index in [1.165, 1.54) is 0 Å². The number of nitrogens with zero attached hydrogens (tertiary/aromatic N) is 2. The summed E-state index contributed by atoms with van der Waals surface area (Å²) < 4.78 is 5.89. The smallest absolute Gasteiger partial charge is 0.161 e. The number of hydrogen-bond donors (Lipinski definition) is 0. The molecule has 0 fully saturated rings. The highest BCUT2D eigenvalue weighted by atomic mass is 16.6. The van der Waals surface area contributed by atoms with Gasteiger partial charge in [0.05, 0.1) is 5.71 Å². The molecule has 2 heterocycles. The van der Waals surface area contributed by atoms with Gasteiger partial charge in [0.25, 0.3) is 0 Å². The van der Waals surface area contributed by atoms with Crippen molar-refractivity contribution in [1.82, 2.24) is 4.98 Å². The molecular weight excluding hydrogens is 240 g/mol. The minimum absolute atomic E-state index is 0.0574. The van der Waals surface area contributed by atoms with Gasteiger partial charge in [-0.25, -0.2) is 0 Å². The van der Waals surface area contributed by atoms with Crippen LogP contribution in [0.3, 0.4) is 0 Å². The lowest BCUT2D eigenvalue weighted by Gasteiger charge is -2.14. The van der Waals surface area contributed by atoms with Crippen LogP contribution in [0.4, 0.5) is 0 Å². The number of benzene rings is 1. The lowest BCUT2D eigenvalue weighted by Crippen LogP contribution is -2.00. The summed E-state index contributed by atoms with van der Waals surface area (Å²) in [5.41, 5.74) is 2.02. The molecule has 0 spiro atoms. The van der Waals surface area contributed by atoms with Gasteiger partial charge in [0, 0.05) is 24.4 Å². The van der Waals surface area contributed by atoms with Gasteiger partial charge < -0.3 is 9.57 Å². The van der Waals surface area contributed by atoms with Crippen LogP contribution in [0, 0.1) is 0 Å². The van der Waals surface area contributed by atoms with Crippen LogP contribution in [0.2, 0.25) is 0 Å². The molecule has 0 saturated carbocycles. The zero-order valence-corrected chi connectivity index (χ0v) is 10.6. The van der Waals surface area contributed by atoms with Gasteiger partial charge >= 0.3 is 0 Å². The van der Waals surface area contributed by atoms with Gasteiger partial charge in [-0.05, 0) is 25.1 Å². The van der Waals surface area contributed by atoms with E-state index in [9.17, 15) is 0 Å². The Labute approximate surface area is 111 Å². The second kappa shape index (κ2) is 5.10. The molecule has 1 aromatic carbocycles. The van der Waals surface area contributed by atoms with Crippen molar-refractivity contribution in [1.29, 1.82) is 0 Å². The van der Waals surface area contributed by atoms with Crippen LogP contribution in [-0.2, 0) is 4.84 Å². The summed E-state index contributed by atoms with van der Waals surface area (Å²) in [6.45, 7) is 1.96. The third-order valence-corrected chi connectivity index (χ3v) is 2.96. The Bertz CT molecular complexity index is 596. The number of rotatable bonds is 3. The Balaban J connectivity index is 1.86. The molecule has 96 valence electrons. The SMILES string of the molecule is CC1=NO[C@@H](c2ccccc2Oc2ccncc2)C1. The first-order chi connectivity index (χ1) is 9.33. The average molecular weight is 254 g/mol. The maximum absolute atomic E-state index is 5.89. The molecule has 0 saturated heterocycles. The van der Waals surface area contributed by atoms with E-state index >= 15 is 0 Å². The molecule has 2 aromatic rings. The Morgan fingerprint density at radius 2 is 1.95 bits per heavy atom. The Morgan fingerprint density at radius 3 is 2.68 bits per heavy atom. The van der Waals surface area contributed by atoms with E-state index in [2.05, 4.69) is 10.1 Å². The first-order valence-corrected chi connectivity index (χ1v) is 6.19. The van der Waals surface area contributed by atoms with Crippen molar-refractivity contribution in [2.75, 3.05) is 0 Å². The van der Waals surface area contributed by atoms with Crippen molar-refractivity contribution in [2.45, 2.75) is 19.4 Å². The summed E-state index contributed by atoms with van der Waals surface area (Å²) in [6, 6.07) is 11.5. The van der Waals surface area contributed by atoms with E-state index < -0.39 is 0 Å². The molecular formula is C15H14N2O2. The second-order valence-corrected chi connectivity index (χ2v) is 4.45. The largest absolute Gasteiger partial charge is 0.457 e.